The van der Waals surface area contributed by atoms with Crippen LogP contribution in [0.3, 0.4) is 0 Å². The first-order valence-corrected chi connectivity index (χ1v) is 7.89. The van der Waals surface area contributed by atoms with Gasteiger partial charge in [-0.15, -0.1) is 0 Å². The molecular weight excluding hydrogens is 304 g/mol. The third kappa shape index (κ3) is 4.94. The number of carbonyl (C=O) groups excluding carboxylic acids is 1. The van der Waals surface area contributed by atoms with Crippen molar-refractivity contribution in [3.63, 3.8) is 0 Å². The number of ether oxygens (including phenoxy) is 1. The number of hydrogen-bond donors (Lipinski definition) is 2. The van der Waals surface area contributed by atoms with Crippen LogP contribution < -0.4 is 15.4 Å². The highest BCUT2D eigenvalue weighted by molar-refractivity contribution is 5.90. The minimum absolute atomic E-state index is 0.000232. The highest BCUT2D eigenvalue weighted by Crippen LogP contribution is 2.24. The highest BCUT2D eigenvalue weighted by atomic mass is 16.5. The Bertz CT molecular complexity index is 696. The van der Waals surface area contributed by atoms with Crippen molar-refractivity contribution in [2.45, 2.75) is 40.7 Å². The maximum Gasteiger partial charge on any atom is 0.321 e. The molecular formula is C18H24N4O2. The van der Waals surface area contributed by atoms with E-state index in [9.17, 15) is 4.79 Å². The maximum atomic E-state index is 12.1. The van der Waals surface area contributed by atoms with Crippen molar-refractivity contribution in [3.8, 4) is 11.8 Å². The molecule has 0 saturated carbocycles. The molecule has 1 atom stereocenters. The van der Waals surface area contributed by atoms with Crippen LogP contribution in [0.4, 0.5) is 10.5 Å². The SMILES string of the molecule is Cc1cc(Oc2ncccn2)ccc1NC(=O)N[C@@H](C)C(C)(C)C. The van der Waals surface area contributed by atoms with Gasteiger partial charge in [0.15, 0.2) is 0 Å². The number of amides is 2. The summed E-state index contributed by atoms with van der Waals surface area (Å²) >= 11 is 0. The molecule has 1 heterocycles. The Balaban J connectivity index is 2.01. The monoisotopic (exact) mass is 328 g/mol. The normalized spacial score (nSPS) is 12.4. The van der Waals surface area contributed by atoms with Crippen molar-refractivity contribution in [1.29, 1.82) is 0 Å². The lowest BCUT2D eigenvalue weighted by Gasteiger charge is -2.28. The molecule has 0 saturated heterocycles. The van der Waals surface area contributed by atoms with E-state index in [-0.39, 0.29) is 23.5 Å². The summed E-state index contributed by atoms with van der Waals surface area (Å²) < 4.78 is 5.58. The molecule has 2 amide bonds. The number of aryl methyl sites for hydroxylation is 1. The van der Waals surface area contributed by atoms with E-state index in [2.05, 4.69) is 41.4 Å². The van der Waals surface area contributed by atoms with Gasteiger partial charge < -0.3 is 15.4 Å². The van der Waals surface area contributed by atoms with Crippen molar-refractivity contribution in [2.75, 3.05) is 5.32 Å². The lowest BCUT2D eigenvalue weighted by atomic mass is 9.88. The molecule has 0 radical (unpaired) electrons. The Morgan fingerprint density at radius 3 is 2.46 bits per heavy atom. The minimum atomic E-state index is -0.222. The smallest absolute Gasteiger partial charge is 0.321 e. The number of aromatic nitrogens is 2. The first kappa shape index (κ1) is 17.7. The maximum absolute atomic E-state index is 12.1. The molecule has 6 heteroatoms. The highest BCUT2D eigenvalue weighted by Gasteiger charge is 2.21. The van der Waals surface area contributed by atoms with Crippen LogP contribution in [0.2, 0.25) is 0 Å². The van der Waals surface area contributed by atoms with E-state index in [1.807, 2.05) is 19.9 Å². The zero-order valence-electron chi connectivity index (χ0n) is 14.8. The number of urea groups is 1. The van der Waals surface area contributed by atoms with Crippen LogP contribution in [0.5, 0.6) is 11.8 Å². The second kappa shape index (κ2) is 7.29. The molecule has 2 rings (SSSR count). The average molecular weight is 328 g/mol. The minimum Gasteiger partial charge on any atom is -0.424 e. The standard InChI is InChI=1S/C18H24N4O2/c1-12-11-14(24-17-19-9-6-10-20-17)7-8-15(12)22-16(23)21-13(2)18(3,4)5/h6-11,13H,1-5H3,(H2,21,22,23)/t13-/m0/s1. The van der Waals surface area contributed by atoms with Crippen molar-refractivity contribution >= 4 is 11.7 Å². The number of carbonyl (C=O) groups is 1. The van der Waals surface area contributed by atoms with Gasteiger partial charge in [0.1, 0.15) is 5.75 Å². The van der Waals surface area contributed by atoms with Gasteiger partial charge in [-0.25, -0.2) is 14.8 Å². The molecule has 0 aliphatic carbocycles. The molecule has 6 nitrogen and oxygen atoms in total. The van der Waals surface area contributed by atoms with E-state index in [0.29, 0.717) is 5.75 Å². The van der Waals surface area contributed by atoms with Crippen molar-refractivity contribution in [2.24, 2.45) is 5.41 Å². The van der Waals surface area contributed by atoms with Crippen LogP contribution in [0, 0.1) is 12.3 Å². The molecule has 1 aromatic carbocycles. The number of rotatable bonds is 4. The zero-order chi connectivity index (χ0) is 17.7. The number of benzene rings is 1. The summed E-state index contributed by atoms with van der Waals surface area (Å²) in [5.41, 5.74) is 1.62. The second-order valence-corrected chi connectivity index (χ2v) is 6.80. The Labute approximate surface area is 142 Å². The van der Waals surface area contributed by atoms with Crippen molar-refractivity contribution in [3.05, 3.63) is 42.2 Å². The fourth-order valence-corrected chi connectivity index (χ4v) is 1.85. The fraction of sp³-hybridized carbons (Fsp3) is 0.389. The van der Waals surface area contributed by atoms with Gasteiger partial charge in [0.05, 0.1) is 0 Å². The molecule has 0 bridgehead atoms. The average Bonchev–Trinajstić information content (AvgIpc) is 2.50. The molecule has 24 heavy (non-hydrogen) atoms. The summed E-state index contributed by atoms with van der Waals surface area (Å²) in [6, 6.07) is 7.24. The molecule has 128 valence electrons. The molecule has 2 aromatic rings. The molecule has 2 N–H and O–H groups in total. The first-order valence-electron chi connectivity index (χ1n) is 7.89. The van der Waals surface area contributed by atoms with Crippen molar-refractivity contribution < 1.29 is 9.53 Å². The van der Waals surface area contributed by atoms with Crippen LogP contribution in [0.25, 0.3) is 0 Å². The van der Waals surface area contributed by atoms with E-state index in [4.69, 9.17) is 4.74 Å². The summed E-state index contributed by atoms with van der Waals surface area (Å²) in [7, 11) is 0. The second-order valence-electron chi connectivity index (χ2n) is 6.80. The Kier molecular flexibility index (Phi) is 5.39. The topological polar surface area (TPSA) is 76.1 Å². The number of nitrogens with zero attached hydrogens (tertiary/aromatic N) is 2. The van der Waals surface area contributed by atoms with Gasteiger partial charge >= 0.3 is 12.0 Å². The summed E-state index contributed by atoms with van der Waals surface area (Å²) in [4.78, 5) is 20.2. The van der Waals surface area contributed by atoms with E-state index in [0.717, 1.165) is 11.3 Å². The summed E-state index contributed by atoms with van der Waals surface area (Å²) in [6.45, 7) is 10.1. The number of nitrogens with one attached hydrogen (secondary N) is 2. The predicted octanol–water partition coefficient (Wildman–Crippen LogP) is 4.13. The summed E-state index contributed by atoms with van der Waals surface area (Å²) in [5.74, 6) is 0.618. The molecule has 0 spiro atoms. The van der Waals surface area contributed by atoms with Gasteiger partial charge in [0.25, 0.3) is 0 Å². The van der Waals surface area contributed by atoms with E-state index in [1.54, 1.807) is 30.6 Å². The lowest BCUT2D eigenvalue weighted by Crippen LogP contribution is -2.43. The number of anilines is 1. The van der Waals surface area contributed by atoms with Crippen LogP contribution in [0.15, 0.2) is 36.7 Å². The van der Waals surface area contributed by atoms with Gasteiger partial charge in [-0.1, -0.05) is 20.8 Å². The van der Waals surface area contributed by atoms with E-state index < -0.39 is 0 Å². The third-order valence-electron chi connectivity index (χ3n) is 3.84. The first-order chi connectivity index (χ1) is 11.3. The largest absolute Gasteiger partial charge is 0.424 e. The van der Waals surface area contributed by atoms with Gasteiger partial charge in [-0.05, 0) is 49.1 Å². The van der Waals surface area contributed by atoms with Gasteiger partial charge in [-0.3, -0.25) is 0 Å². The van der Waals surface area contributed by atoms with Gasteiger partial charge in [-0.2, -0.15) is 0 Å². The Morgan fingerprint density at radius 2 is 1.88 bits per heavy atom. The van der Waals surface area contributed by atoms with Crippen LogP contribution in [-0.4, -0.2) is 22.0 Å². The van der Waals surface area contributed by atoms with E-state index in [1.165, 1.54) is 0 Å². The fourth-order valence-electron chi connectivity index (χ4n) is 1.85. The van der Waals surface area contributed by atoms with Crippen LogP contribution in [0.1, 0.15) is 33.3 Å². The zero-order valence-corrected chi connectivity index (χ0v) is 14.8. The Morgan fingerprint density at radius 1 is 1.21 bits per heavy atom. The summed E-state index contributed by atoms with van der Waals surface area (Å²) in [6.07, 6.45) is 3.23. The number of hydrogen-bond acceptors (Lipinski definition) is 4. The molecule has 0 unspecified atom stereocenters. The quantitative estimate of drug-likeness (QED) is 0.884. The van der Waals surface area contributed by atoms with Crippen molar-refractivity contribution in [1.82, 2.24) is 15.3 Å². The van der Waals surface area contributed by atoms with Crippen LogP contribution >= 0.6 is 0 Å². The van der Waals surface area contributed by atoms with E-state index >= 15 is 0 Å². The molecule has 0 aliphatic rings. The molecule has 0 fully saturated rings. The Hall–Kier alpha value is -2.63. The van der Waals surface area contributed by atoms with Crippen LogP contribution in [-0.2, 0) is 0 Å². The molecule has 0 aliphatic heterocycles. The van der Waals surface area contributed by atoms with Gasteiger partial charge in [0, 0.05) is 24.1 Å². The molecule has 1 aromatic heterocycles. The third-order valence-corrected chi connectivity index (χ3v) is 3.84. The lowest BCUT2D eigenvalue weighted by molar-refractivity contribution is 0.233. The summed E-state index contributed by atoms with van der Waals surface area (Å²) in [5, 5.41) is 5.82. The van der Waals surface area contributed by atoms with Gasteiger partial charge in [0.2, 0.25) is 0 Å². The predicted molar refractivity (Wildman–Crippen MR) is 94.4 cm³/mol.